The van der Waals surface area contributed by atoms with Crippen molar-refractivity contribution in [2.45, 2.75) is 53.0 Å². The molecular weight excluding hydrogens is 200 g/mol. The van der Waals surface area contributed by atoms with Crippen molar-refractivity contribution in [3.8, 4) is 0 Å². The Morgan fingerprint density at radius 3 is 2.38 bits per heavy atom. The molecule has 98 valence electrons. The van der Waals surface area contributed by atoms with Gasteiger partial charge in [0.15, 0.2) is 0 Å². The van der Waals surface area contributed by atoms with Gasteiger partial charge in [-0.15, -0.1) is 0 Å². The molecule has 0 aromatic rings. The summed E-state index contributed by atoms with van der Waals surface area (Å²) < 4.78 is 0. The highest BCUT2D eigenvalue weighted by Gasteiger charge is 2.25. The lowest BCUT2D eigenvalue weighted by Crippen LogP contribution is -2.44. The third kappa shape index (κ3) is 5.83. The summed E-state index contributed by atoms with van der Waals surface area (Å²) in [6.07, 6.45) is 3.20. The van der Waals surface area contributed by atoms with E-state index in [9.17, 15) is 0 Å². The summed E-state index contributed by atoms with van der Waals surface area (Å²) in [5.41, 5.74) is 6.11. The summed E-state index contributed by atoms with van der Waals surface area (Å²) in [6.45, 7) is 11.9. The van der Waals surface area contributed by atoms with Crippen molar-refractivity contribution in [1.82, 2.24) is 4.90 Å². The third-order valence-corrected chi connectivity index (χ3v) is 3.26. The van der Waals surface area contributed by atoms with E-state index in [1.807, 2.05) is 0 Å². The topological polar surface area (TPSA) is 49.5 Å². The van der Waals surface area contributed by atoms with Gasteiger partial charge in [-0.3, -0.25) is 0 Å². The van der Waals surface area contributed by atoms with E-state index in [1.54, 1.807) is 0 Å². The average molecular weight is 230 g/mol. The summed E-state index contributed by atoms with van der Waals surface area (Å²) >= 11 is 0. The van der Waals surface area contributed by atoms with Gasteiger partial charge in [-0.25, -0.2) is 0 Å². The number of nitrogens with zero attached hydrogens (tertiary/aromatic N) is 1. The highest BCUT2D eigenvalue weighted by Crippen LogP contribution is 2.24. The fourth-order valence-electron chi connectivity index (χ4n) is 2.13. The second-order valence-electron chi connectivity index (χ2n) is 5.41. The number of nitrogens with two attached hydrogens (primary N) is 1. The van der Waals surface area contributed by atoms with E-state index in [0.29, 0.717) is 6.04 Å². The Labute approximate surface area is 101 Å². The Morgan fingerprint density at radius 2 is 2.00 bits per heavy atom. The van der Waals surface area contributed by atoms with E-state index in [0.717, 1.165) is 26.1 Å². The molecule has 0 saturated heterocycles. The first kappa shape index (κ1) is 15.9. The maximum absolute atomic E-state index is 8.90. The minimum absolute atomic E-state index is 0.217. The molecule has 3 heteroatoms. The lowest BCUT2D eigenvalue weighted by atomic mass is 9.84. The predicted molar refractivity (Wildman–Crippen MR) is 70.5 cm³/mol. The molecule has 0 fully saturated rings. The second-order valence-corrected chi connectivity index (χ2v) is 5.41. The molecule has 0 bridgehead atoms. The lowest BCUT2D eigenvalue weighted by Gasteiger charge is -2.37. The van der Waals surface area contributed by atoms with Gasteiger partial charge in [-0.2, -0.15) is 0 Å². The van der Waals surface area contributed by atoms with Crippen molar-refractivity contribution in [3.05, 3.63) is 0 Å². The zero-order valence-electron chi connectivity index (χ0n) is 11.5. The number of rotatable bonds is 9. The molecule has 0 spiro atoms. The molecule has 3 nitrogen and oxygen atoms in total. The van der Waals surface area contributed by atoms with E-state index in [2.05, 4.69) is 32.6 Å². The van der Waals surface area contributed by atoms with Crippen LogP contribution in [0.15, 0.2) is 0 Å². The molecule has 0 aromatic carbocycles. The van der Waals surface area contributed by atoms with Crippen LogP contribution in [0.1, 0.15) is 47.0 Å². The highest BCUT2D eigenvalue weighted by atomic mass is 16.3. The van der Waals surface area contributed by atoms with E-state index < -0.39 is 0 Å². The van der Waals surface area contributed by atoms with Crippen LogP contribution in [0.4, 0.5) is 0 Å². The van der Waals surface area contributed by atoms with Gasteiger partial charge in [-0.1, -0.05) is 20.3 Å². The smallest absolute Gasteiger partial charge is 0.0443 e. The van der Waals surface area contributed by atoms with Gasteiger partial charge >= 0.3 is 0 Å². The van der Waals surface area contributed by atoms with Crippen molar-refractivity contribution < 1.29 is 5.11 Å². The average Bonchev–Trinajstić information content (AvgIpc) is 2.24. The van der Waals surface area contributed by atoms with Gasteiger partial charge in [0, 0.05) is 25.7 Å². The highest BCUT2D eigenvalue weighted by molar-refractivity contribution is 4.80. The van der Waals surface area contributed by atoms with Crippen molar-refractivity contribution >= 4 is 0 Å². The first-order chi connectivity index (χ1) is 7.49. The minimum atomic E-state index is 0.217. The Bertz CT molecular complexity index is 173. The zero-order chi connectivity index (χ0) is 12.6. The third-order valence-electron chi connectivity index (χ3n) is 3.26. The molecule has 0 amide bonds. The number of aliphatic hydroxyl groups is 1. The zero-order valence-corrected chi connectivity index (χ0v) is 11.5. The Morgan fingerprint density at radius 1 is 1.38 bits per heavy atom. The van der Waals surface area contributed by atoms with Crippen LogP contribution in [0, 0.1) is 5.41 Å². The quantitative estimate of drug-likeness (QED) is 0.635. The van der Waals surface area contributed by atoms with Crippen LogP contribution in [0.25, 0.3) is 0 Å². The Hall–Kier alpha value is -0.120. The standard InChI is InChI=1S/C13H30N2O/c1-5-7-13(4,10-14)11-15(12(2)3)8-6-9-16/h12,16H,5-11,14H2,1-4H3. The fraction of sp³-hybridized carbons (Fsp3) is 1.00. The predicted octanol–water partition coefficient (Wildman–Crippen LogP) is 1.84. The molecular formula is C13H30N2O. The van der Waals surface area contributed by atoms with E-state index >= 15 is 0 Å². The van der Waals surface area contributed by atoms with Crippen LogP contribution < -0.4 is 5.73 Å². The van der Waals surface area contributed by atoms with Crippen LogP contribution in [0.2, 0.25) is 0 Å². The van der Waals surface area contributed by atoms with Gasteiger partial charge in [-0.05, 0) is 38.6 Å². The maximum atomic E-state index is 8.90. The second kappa shape index (κ2) is 8.04. The summed E-state index contributed by atoms with van der Waals surface area (Å²) in [5, 5.41) is 8.90. The summed E-state index contributed by atoms with van der Waals surface area (Å²) in [4.78, 5) is 2.43. The minimum Gasteiger partial charge on any atom is -0.396 e. The molecule has 0 aromatic heterocycles. The summed E-state index contributed by atoms with van der Waals surface area (Å²) in [6, 6.07) is 0.522. The molecule has 16 heavy (non-hydrogen) atoms. The van der Waals surface area contributed by atoms with Crippen LogP contribution in [-0.2, 0) is 0 Å². The fourth-order valence-corrected chi connectivity index (χ4v) is 2.13. The van der Waals surface area contributed by atoms with Crippen molar-refractivity contribution in [3.63, 3.8) is 0 Å². The lowest BCUT2D eigenvalue weighted by molar-refractivity contribution is 0.119. The Kier molecular flexibility index (Phi) is 7.98. The number of hydrogen-bond acceptors (Lipinski definition) is 3. The van der Waals surface area contributed by atoms with E-state index in [-0.39, 0.29) is 12.0 Å². The molecule has 0 aliphatic heterocycles. The first-order valence-electron chi connectivity index (χ1n) is 6.54. The normalized spacial score (nSPS) is 15.8. The largest absolute Gasteiger partial charge is 0.396 e. The summed E-state index contributed by atoms with van der Waals surface area (Å²) in [7, 11) is 0. The van der Waals surface area contributed by atoms with Gasteiger partial charge < -0.3 is 15.7 Å². The van der Waals surface area contributed by atoms with Crippen molar-refractivity contribution in [2.24, 2.45) is 11.1 Å². The number of hydrogen-bond donors (Lipinski definition) is 2. The van der Waals surface area contributed by atoms with E-state index in [4.69, 9.17) is 10.8 Å². The monoisotopic (exact) mass is 230 g/mol. The van der Waals surface area contributed by atoms with E-state index in [1.165, 1.54) is 12.8 Å². The van der Waals surface area contributed by atoms with Crippen LogP contribution in [0.5, 0.6) is 0 Å². The van der Waals surface area contributed by atoms with Gasteiger partial charge in [0.1, 0.15) is 0 Å². The number of aliphatic hydroxyl groups excluding tert-OH is 1. The van der Waals surface area contributed by atoms with Crippen molar-refractivity contribution in [1.29, 1.82) is 0 Å². The Balaban J connectivity index is 4.33. The molecule has 0 rings (SSSR count). The molecule has 0 heterocycles. The molecule has 0 aliphatic carbocycles. The molecule has 3 N–H and O–H groups in total. The maximum Gasteiger partial charge on any atom is 0.0443 e. The van der Waals surface area contributed by atoms with Crippen LogP contribution in [-0.4, -0.2) is 42.3 Å². The molecule has 0 aliphatic rings. The SMILES string of the molecule is CCCC(C)(CN)CN(CCCO)C(C)C. The van der Waals surface area contributed by atoms with Crippen LogP contribution >= 0.6 is 0 Å². The van der Waals surface area contributed by atoms with Crippen molar-refractivity contribution in [2.75, 3.05) is 26.2 Å². The van der Waals surface area contributed by atoms with Gasteiger partial charge in [0.2, 0.25) is 0 Å². The van der Waals surface area contributed by atoms with Gasteiger partial charge in [0.25, 0.3) is 0 Å². The molecule has 1 unspecified atom stereocenters. The first-order valence-corrected chi connectivity index (χ1v) is 6.54. The molecule has 0 saturated carbocycles. The van der Waals surface area contributed by atoms with Crippen LogP contribution in [0.3, 0.4) is 0 Å². The molecule has 1 atom stereocenters. The summed E-state index contributed by atoms with van der Waals surface area (Å²) in [5.74, 6) is 0. The molecule has 0 radical (unpaired) electrons. The van der Waals surface area contributed by atoms with Gasteiger partial charge in [0.05, 0.1) is 0 Å².